The number of aliphatic imine (C=N–C) groups is 1. The van der Waals surface area contributed by atoms with E-state index in [9.17, 15) is 0 Å². The van der Waals surface area contributed by atoms with Crippen LogP contribution in [0.3, 0.4) is 0 Å². The average molecular weight is 277 g/mol. The largest absolute Gasteiger partial charge is 0.277 e. The van der Waals surface area contributed by atoms with Gasteiger partial charge in [0.25, 0.3) is 0 Å². The molecule has 2 aromatic carbocycles. The minimum Gasteiger partial charge on any atom is -0.277 e. The lowest BCUT2D eigenvalue weighted by molar-refractivity contribution is 0.812. The van der Waals surface area contributed by atoms with Gasteiger partial charge in [0.15, 0.2) is 0 Å². The van der Waals surface area contributed by atoms with Crippen molar-refractivity contribution < 1.29 is 0 Å². The fourth-order valence-corrected chi connectivity index (χ4v) is 2.50. The monoisotopic (exact) mass is 277 g/mol. The summed E-state index contributed by atoms with van der Waals surface area (Å²) in [4.78, 5) is 4.86. The van der Waals surface area contributed by atoms with E-state index in [-0.39, 0.29) is 6.04 Å². The minimum absolute atomic E-state index is 0.289. The van der Waals surface area contributed by atoms with Gasteiger partial charge in [0.2, 0.25) is 0 Å². The summed E-state index contributed by atoms with van der Waals surface area (Å²) in [5.74, 6) is 0. The number of rotatable bonds is 3. The van der Waals surface area contributed by atoms with E-state index in [1.807, 2.05) is 19.9 Å². The van der Waals surface area contributed by atoms with Crippen LogP contribution in [0.4, 0.5) is 0 Å². The minimum atomic E-state index is 0.289. The molecule has 1 heteroatoms. The first-order valence-electron chi connectivity index (χ1n) is 7.78. The maximum Gasteiger partial charge on any atom is 0.0760 e. The lowest BCUT2D eigenvalue weighted by atomic mass is 9.98. The molecule has 3 rings (SSSR count). The Morgan fingerprint density at radius 2 is 1.33 bits per heavy atom. The van der Waals surface area contributed by atoms with E-state index >= 15 is 0 Å². The van der Waals surface area contributed by atoms with Crippen LogP contribution < -0.4 is 0 Å². The zero-order valence-electron chi connectivity index (χ0n) is 13.1. The molecule has 2 aromatic rings. The average Bonchev–Trinajstić information content (AvgIpc) is 3.03. The molecule has 0 N–H and O–H groups in total. The lowest BCUT2D eigenvalue weighted by Crippen LogP contribution is -2.02. The highest BCUT2D eigenvalue weighted by molar-refractivity contribution is 6.15. The Bertz CT molecular complexity index is 609. The summed E-state index contributed by atoms with van der Waals surface area (Å²) in [5, 5.41) is 0. The Balaban J connectivity index is 0.000000774. The molecular weight excluding hydrogens is 254 g/mol. The number of hydrogen-bond acceptors (Lipinski definition) is 1. The Labute approximate surface area is 128 Å². The molecule has 1 aliphatic heterocycles. The maximum absolute atomic E-state index is 4.86. The van der Waals surface area contributed by atoms with Crippen molar-refractivity contribution in [3.05, 3.63) is 77.9 Å². The highest BCUT2D eigenvalue weighted by atomic mass is 14.8. The van der Waals surface area contributed by atoms with Gasteiger partial charge in [0.1, 0.15) is 0 Å². The molecule has 1 atom stereocenters. The maximum atomic E-state index is 4.86. The molecule has 1 heterocycles. The van der Waals surface area contributed by atoms with Gasteiger partial charge in [-0.3, -0.25) is 4.99 Å². The Morgan fingerprint density at radius 3 is 1.86 bits per heavy atom. The quantitative estimate of drug-likeness (QED) is 0.714. The van der Waals surface area contributed by atoms with Gasteiger partial charge < -0.3 is 0 Å². The van der Waals surface area contributed by atoms with Gasteiger partial charge in [-0.15, -0.1) is 0 Å². The van der Waals surface area contributed by atoms with Crippen LogP contribution in [0.1, 0.15) is 38.3 Å². The SMILES string of the molecule is CC.CCC1N=C(c2ccccc2)C=C1c1ccccc1. The Hall–Kier alpha value is -2.15. The van der Waals surface area contributed by atoms with Crippen LogP contribution in [0.2, 0.25) is 0 Å². The third kappa shape index (κ3) is 3.49. The topological polar surface area (TPSA) is 12.4 Å². The molecular formula is C20H23N. The third-order valence-corrected chi connectivity index (χ3v) is 3.51. The summed E-state index contributed by atoms with van der Waals surface area (Å²) in [5.41, 5.74) is 4.92. The van der Waals surface area contributed by atoms with Gasteiger partial charge >= 0.3 is 0 Å². The second-order valence-corrected chi connectivity index (χ2v) is 4.77. The molecule has 1 aliphatic rings. The summed E-state index contributed by atoms with van der Waals surface area (Å²) in [6, 6.07) is 21.3. The van der Waals surface area contributed by atoms with Crippen molar-refractivity contribution in [2.75, 3.05) is 0 Å². The van der Waals surface area contributed by atoms with Gasteiger partial charge in [-0.25, -0.2) is 0 Å². The first kappa shape index (κ1) is 15.2. The molecule has 0 aliphatic carbocycles. The number of nitrogens with zero attached hydrogens (tertiary/aromatic N) is 1. The molecule has 0 radical (unpaired) electrons. The molecule has 21 heavy (non-hydrogen) atoms. The summed E-state index contributed by atoms with van der Waals surface area (Å²) in [7, 11) is 0. The summed E-state index contributed by atoms with van der Waals surface area (Å²) >= 11 is 0. The molecule has 0 bridgehead atoms. The Kier molecular flexibility index (Phi) is 5.51. The zero-order chi connectivity index (χ0) is 15.1. The number of hydrogen-bond donors (Lipinski definition) is 0. The van der Waals surface area contributed by atoms with Crippen LogP contribution >= 0.6 is 0 Å². The van der Waals surface area contributed by atoms with E-state index in [2.05, 4.69) is 67.6 Å². The smallest absolute Gasteiger partial charge is 0.0760 e. The first-order valence-corrected chi connectivity index (χ1v) is 7.78. The molecule has 0 amide bonds. The van der Waals surface area contributed by atoms with Crippen LogP contribution in [0, 0.1) is 0 Å². The number of allylic oxidation sites excluding steroid dienone is 1. The molecule has 0 fully saturated rings. The molecule has 108 valence electrons. The van der Waals surface area contributed by atoms with Crippen LogP contribution in [-0.4, -0.2) is 11.8 Å². The van der Waals surface area contributed by atoms with E-state index in [0.717, 1.165) is 12.1 Å². The van der Waals surface area contributed by atoms with Gasteiger partial charge in [0.05, 0.1) is 11.8 Å². The molecule has 0 aromatic heterocycles. The zero-order valence-corrected chi connectivity index (χ0v) is 13.1. The van der Waals surface area contributed by atoms with Crippen LogP contribution in [0.25, 0.3) is 5.57 Å². The van der Waals surface area contributed by atoms with Gasteiger partial charge in [-0.1, -0.05) is 81.4 Å². The normalized spacial score (nSPS) is 16.6. The summed E-state index contributed by atoms with van der Waals surface area (Å²) in [6.45, 7) is 6.19. The van der Waals surface area contributed by atoms with Gasteiger partial charge in [0, 0.05) is 0 Å². The summed E-state index contributed by atoms with van der Waals surface area (Å²) < 4.78 is 0. The predicted molar refractivity (Wildman–Crippen MR) is 92.8 cm³/mol. The second-order valence-electron chi connectivity index (χ2n) is 4.77. The fourth-order valence-electron chi connectivity index (χ4n) is 2.50. The Morgan fingerprint density at radius 1 is 0.810 bits per heavy atom. The molecule has 1 unspecified atom stereocenters. The third-order valence-electron chi connectivity index (χ3n) is 3.51. The lowest BCUT2D eigenvalue weighted by Gasteiger charge is -2.09. The highest BCUT2D eigenvalue weighted by Gasteiger charge is 2.20. The van der Waals surface area contributed by atoms with Crippen molar-refractivity contribution in [1.29, 1.82) is 0 Å². The van der Waals surface area contributed by atoms with Crippen molar-refractivity contribution in [3.8, 4) is 0 Å². The van der Waals surface area contributed by atoms with Crippen LogP contribution in [-0.2, 0) is 0 Å². The number of benzene rings is 2. The molecule has 1 nitrogen and oxygen atoms in total. The first-order chi connectivity index (χ1) is 10.4. The van der Waals surface area contributed by atoms with E-state index in [0.29, 0.717) is 0 Å². The molecule has 0 spiro atoms. The van der Waals surface area contributed by atoms with Crippen molar-refractivity contribution in [2.24, 2.45) is 4.99 Å². The standard InChI is InChI=1S/C18H17N.C2H6/c1-2-17-16(14-9-5-3-6-10-14)13-18(19-17)15-11-7-4-8-12-15;1-2/h3-13,17H,2H2,1H3;1-2H3. The van der Waals surface area contributed by atoms with Crippen LogP contribution in [0.5, 0.6) is 0 Å². The van der Waals surface area contributed by atoms with Crippen molar-refractivity contribution in [3.63, 3.8) is 0 Å². The van der Waals surface area contributed by atoms with E-state index in [1.54, 1.807) is 0 Å². The predicted octanol–water partition coefficient (Wildman–Crippen LogP) is 5.38. The van der Waals surface area contributed by atoms with Crippen LogP contribution in [0.15, 0.2) is 71.7 Å². The fraction of sp³-hybridized carbons (Fsp3) is 0.250. The van der Waals surface area contributed by atoms with Crippen molar-refractivity contribution in [1.82, 2.24) is 0 Å². The van der Waals surface area contributed by atoms with Crippen molar-refractivity contribution >= 4 is 11.3 Å². The summed E-state index contributed by atoms with van der Waals surface area (Å²) in [6.07, 6.45) is 3.27. The van der Waals surface area contributed by atoms with Crippen molar-refractivity contribution in [2.45, 2.75) is 33.2 Å². The van der Waals surface area contributed by atoms with Gasteiger partial charge in [-0.05, 0) is 29.2 Å². The molecule has 0 saturated carbocycles. The van der Waals surface area contributed by atoms with E-state index in [1.165, 1.54) is 16.7 Å². The second kappa shape index (κ2) is 7.58. The van der Waals surface area contributed by atoms with E-state index in [4.69, 9.17) is 4.99 Å². The highest BCUT2D eigenvalue weighted by Crippen LogP contribution is 2.29. The van der Waals surface area contributed by atoms with Gasteiger partial charge in [-0.2, -0.15) is 0 Å². The molecule has 0 saturated heterocycles. The van der Waals surface area contributed by atoms with E-state index < -0.39 is 0 Å².